The van der Waals surface area contributed by atoms with Crippen LogP contribution in [-0.2, 0) is 0 Å². The van der Waals surface area contributed by atoms with E-state index in [4.69, 9.17) is 0 Å². The van der Waals surface area contributed by atoms with Gasteiger partial charge in [0.2, 0.25) is 0 Å². The van der Waals surface area contributed by atoms with Crippen LogP contribution in [0.15, 0.2) is 48.5 Å². The minimum absolute atomic E-state index is 0.632. The highest BCUT2D eigenvalue weighted by atomic mass is 16.3. The molecule has 0 bridgehead atoms. The Morgan fingerprint density at radius 1 is 0.700 bits per heavy atom. The maximum atomic E-state index is 10.8. The lowest BCUT2D eigenvalue weighted by Gasteiger charge is -2.24. The molecule has 3 heteroatoms. The zero-order chi connectivity index (χ0) is 14.7. The van der Waals surface area contributed by atoms with Crippen LogP contribution in [0.5, 0.6) is 0 Å². The highest BCUT2D eigenvalue weighted by molar-refractivity contribution is 5.60. The molecule has 0 saturated heterocycles. The Hall–Kier alpha value is -2.00. The van der Waals surface area contributed by atoms with E-state index in [0.29, 0.717) is 0 Å². The molecule has 0 aliphatic carbocycles. The van der Waals surface area contributed by atoms with E-state index in [1.54, 1.807) is 0 Å². The summed E-state index contributed by atoms with van der Waals surface area (Å²) >= 11 is 0. The van der Waals surface area contributed by atoms with Crippen LogP contribution in [0.1, 0.15) is 17.2 Å². The van der Waals surface area contributed by atoms with E-state index in [1.807, 2.05) is 86.5 Å². The number of rotatable bonds is 4. The molecule has 0 fully saturated rings. The first kappa shape index (κ1) is 14.4. The van der Waals surface area contributed by atoms with Crippen molar-refractivity contribution in [2.45, 2.75) is 6.10 Å². The number of para-hydroxylation sites is 2. The van der Waals surface area contributed by atoms with E-state index in [1.165, 1.54) is 0 Å². The van der Waals surface area contributed by atoms with Gasteiger partial charge in [0, 0.05) is 50.7 Å². The number of hydrogen-bond donors (Lipinski definition) is 1. The number of aliphatic hydroxyl groups excluding tert-OH is 1. The Kier molecular flexibility index (Phi) is 4.30. The predicted octanol–water partition coefficient (Wildman–Crippen LogP) is 2.90. The van der Waals surface area contributed by atoms with Gasteiger partial charge in [-0.3, -0.25) is 0 Å². The molecular weight excluding hydrogens is 248 g/mol. The molecule has 0 aromatic heterocycles. The summed E-state index contributed by atoms with van der Waals surface area (Å²) in [5, 5.41) is 10.8. The van der Waals surface area contributed by atoms with Crippen LogP contribution in [-0.4, -0.2) is 33.3 Å². The summed E-state index contributed by atoms with van der Waals surface area (Å²) in [7, 11) is 7.96. The topological polar surface area (TPSA) is 26.7 Å². The Morgan fingerprint density at radius 3 is 1.40 bits per heavy atom. The fourth-order valence-corrected chi connectivity index (χ4v) is 2.42. The van der Waals surface area contributed by atoms with Crippen LogP contribution in [0.4, 0.5) is 11.4 Å². The Morgan fingerprint density at radius 2 is 1.05 bits per heavy atom. The fourth-order valence-electron chi connectivity index (χ4n) is 2.42. The van der Waals surface area contributed by atoms with Crippen molar-refractivity contribution in [2.75, 3.05) is 38.0 Å². The van der Waals surface area contributed by atoms with Crippen LogP contribution in [0.3, 0.4) is 0 Å². The maximum absolute atomic E-state index is 10.8. The summed E-state index contributed by atoms with van der Waals surface area (Å²) in [6, 6.07) is 15.9. The molecule has 0 aliphatic heterocycles. The first-order valence-electron chi connectivity index (χ1n) is 6.73. The van der Waals surface area contributed by atoms with Gasteiger partial charge >= 0.3 is 0 Å². The summed E-state index contributed by atoms with van der Waals surface area (Å²) < 4.78 is 0. The minimum atomic E-state index is -0.632. The molecule has 0 saturated carbocycles. The van der Waals surface area contributed by atoms with Gasteiger partial charge in [0.15, 0.2) is 0 Å². The molecule has 0 amide bonds. The van der Waals surface area contributed by atoms with E-state index < -0.39 is 6.10 Å². The predicted molar refractivity (Wildman–Crippen MR) is 85.6 cm³/mol. The van der Waals surface area contributed by atoms with Gasteiger partial charge in [-0.15, -0.1) is 0 Å². The van der Waals surface area contributed by atoms with E-state index in [9.17, 15) is 5.11 Å². The van der Waals surface area contributed by atoms with E-state index in [0.717, 1.165) is 22.5 Å². The molecule has 2 aromatic rings. The second kappa shape index (κ2) is 5.97. The molecular formula is C17H22N2O. The van der Waals surface area contributed by atoms with Crippen molar-refractivity contribution in [3.05, 3.63) is 59.7 Å². The number of aliphatic hydroxyl groups is 1. The summed E-state index contributed by atoms with van der Waals surface area (Å²) in [5.74, 6) is 0. The Labute approximate surface area is 121 Å². The summed E-state index contributed by atoms with van der Waals surface area (Å²) in [6.07, 6.45) is -0.632. The number of anilines is 2. The Bertz CT molecular complexity index is 527. The Balaban J connectivity index is 2.50. The van der Waals surface area contributed by atoms with Gasteiger partial charge < -0.3 is 14.9 Å². The average molecular weight is 270 g/mol. The van der Waals surface area contributed by atoms with Gasteiger partial charge in [-0.1, -0.05) is 36.4 Å². The van der Waals surface area contributed by atoms with E-state index in [2.05, 4.69) is 0 Å². The zero-order valence-corrected chi connectivity index (χ0v) is 12.5. The van der Waals surface area contributed by atoms with Crippen molar-refractivity contribution >= 4 is 11.4 Å². The smallest absolute Gasteiger partial charge is 0.108 e. The highest BCUT2D eigenvalue weighted by Crippen LogP contribution is 2.34. The van der Waals surface area contributed by atoms with Crippen molar-refractivity contribution in [3.8, 4) is 0 Å². The number of benzene rings is 2. The molecule has 0 aliphatic rings. The molecule has 0 spiro atoms. The number of nitrogens with zero attached hydrogens (tertiary/aromatic N) is 2. The number of hydrogen-bond acceptors (Lipinski definition) is 3. The van der Waals surface area contributed by atoms with Gasteiger partial charge in [0.1, 0.15) is 6.10 Å². The largest absolute Gasteiger partial charge is 0.383 e. The van der Waals surface area contributed by atoms with Crippen molar-refractivity contribution in [1.29, 1.82) is 0 Å². The molecule has 1 N–H and O–H groups in total. The van der Waals surface area contributed by atoms with Crippen molar-refractivity contribution in [2.24, 2.45) is 0 Å². The van der Waals surface area contributed by atoms with Crippen LogP contribution in [0.2, 0.25) is 0 Å². The second-order valence-corrected chi connectivity index (χ2v) is 5.31. The summed E-state index contributed by atoms with van der Waals surface area (Å²) in [6.45, 7) is 0. The van der Waals surface area contributed by atoms with Crippen molar-refractivity contribution in [1.82, 2.24) is 0 Å². The first-order valence-corrected chi connectivity index (χ1v) is 6.73. The van der Waals surface area contributed by atoms with Crippen molar-refractivity contribution in [3.63, 3.8) is 0 Å². The molecule has 20 heavy (non-hydrogen) atoms. The van der Waals surface area contributed by atoms with Gasteiger partial charge in [-0.05, 0) is 12.1 Å². The molecule has 2 aromatic carbocycles. The molecule has 3 nitrogen and oxygen atoms in total. The van der Waals surface area contributed by atoms with Gasteiger partial charge in [-0.25, -0.2) is 0 Å². The first-order chi connectivity index (χ1) is 9.52. The standard InChI is InChI=1S/C17H22N2O/c1-18(2)15-11-7-5-9-13(15)17(20)14-10-6-8-12-16(14)19(3)4/h5-12,17,20H,1-4H3. The third-order valence-corrected chi connectivity index (χ3v) is 3.43. The lowest BCUT2D eigenvalue weighted by molar-refractivity contribution is 0.221. The second-order valence-electron chi connectivity index (χ2n) is 5.31. The minimum Gasteiger partial charge on any atom is -0.383 e. The van der Waals surface area contributed by atoms with Gasteiger partial charge in [0.05, 0.1) is 0 Å². The van der Waals surface area contributed by atoms with Crippen molar-refractivity contribution < 1.29 is 5.11 Å². The SMILES string of the molecule is CN(C)c1ccccc1C(O)c1ccccc1N(C)C. The normalized spacial score (nSPS) is 10.7. The van der Waals surface area contributed by atoms with Gasteiger partial charge in [0.25, 0.3) is 0 Å². The van der Waals surface area contributed by atoms with Gasteiger partial charge in [-0.2, -0.15) is 0 Å². The zero-order valence-electron chi connectivity index (χ0n) is 12.5. The molecule has 0 unspecified atom stereocenters. The third kappa shape index (κ3) is 2.78. The summed E-state index contributed by atoms with van der Waals surface area (Å²) in [4.78, 5) is 4.05. The fraction of sp³-hybridized carbons (Fsp3) is 0.294. The molecule has 2 rings (SSSR count). The average Bonchev–Trinajstić information content (AvgIpc) is 2.46. The molecule has 0 atom stereocenters. The monoisotopic (exact) mass is 270 g/mol. The van der Waals surface area contributed by atoms with E-state index in [-0.39, 0.29) is 0 Å². The van der Waals surface area contributed by atoms with Crippen LogP contribution < -0.4 is 9.80 Å². The summed E-state index contributed by atoms with van der Waals surface area (Å²) in [5.41, 5.74) is 3.92. The quantitative estimate of drug-likeness (QED) is 0.925. The maximum Gasteiger partial charge on any atom is 0.108 e. The van der Waals surface area contributed by atoms with Crippen LogP contribution >= 0.6 is 0 Å². The molecule has 106 valence electrons. The van der Waals surface area contributed by atoms with Crippen LogP contribution in [0.25, 0.3) is 0 Å². The lowest BCUT2D eigenvalue weighted by Crippen LogP contribution is -2.16. The lowest BCUT2D eigenvalue weighted by atomic mass is 9.97. The molecule has 0 heterocycles. The highest BCUT2D eigenvalue weighted by Gasteiger charge is 2.18. The third-order valence-electron chi connectivity index (χ3n) is 3.43. The van der Waals surface area contributed by atoms with E-state index >= 15 is 0 Å². The van der Waals surface area contributed by atoms with Crippen LogP contribution in [0, 0.1) is 0 Å². The molecule has 0 radical (unpaired) electrons.